The van der Waals surface area contributed by atoms with Crippen LogP contribution in [-0.2, 0) is 16.0 Å². The van der Waals surface area contributed by atoms with Crippen LogP contribution in [0.3, 0.4) is 0 Å². The Labute approximate surface area is 125 Å². The molecule has 0 amide bonds. The van der Waals surface area contributed by atoms with Gasteiger partial charge < -0.3 is 13.9 Å². The van der Waals surface area contributed by atoms with E-state index in [2.05, 4.69) is 9.88 Å². The van der Waals surface area contributed by atoms with Crippen molar-refractivity contribution in [1.82, 2.24) is 9.88 Å². The predicted molar refractivity (Wildman–Crippen MR) is 81.0 cm³/mol. The molecule has 1 aromatic carbocycles. The molecule has 0 unspecified atom stereocenters. The maximum atomic E-state index is 5.56. The van der Waals surface area contributed by atoms with Crippen molar-refractivity contribution in [2.75, 3.05) is 40.5 Å². The Kier molecular flexibility index (Phi) is 6.40. The third-order valence-electron chi connectivity index (χ3n) is 3.18. The quantitative estimate of drug-likeness (QED) is 0.710. The Morgan fingerprint density at radius 1 is 1.05 bits per heavy atom. The molecular weight excluding hydrogens is 268 g/mol. The van der Waals surface area contributed by atoms with Gasteiger partial charge in [-0.15, -0.1) is 0 Å². The maximum absolute atomic E-state index is 5.56. The van der Waals surface area contributed by atoms with E-state index < -0.39 is 0 Å². The molecular formula is C16H22N2O3. The number of aromatic nitrogens is 1. The summed E-state index contributed by atoms with van der Waals surface area (Å²) in [4.78, 5) is 6.78. The van der Waals surface area contributed by atoms with E-state index in [-0.39, 0.29) is 0 Å². The van der Waals surface area contributed by atoms with Crippen LogP contribution in [-0.4, -0.2) is 50.4 Å². The fourth-order valence-corrected chi connectivity index (χ4v) is 2.03. The van der Waals surface area contributed by atoms with Crippen molar-refractivity contribution in [3.63, 3.8) is 0 Å². The molecule has 5 heteroatoms. The summed E-state index contributed by atoms with van der Waals surface area (Å²) in [6.07, 6.45) is 1.72. The number of rotatable bonds is 9. The van der Waals surface area contributed by atoms with Crippen molar-refractivity contribution in [2.24, 2.45) is 0 Å². The molecule has 114 valence electrons. The van der Waals surface area contributed by atoms with Crippen molar-refractivity contribution in [1.29, 1.82) is 0 Å². The van der Waals surface area contributed by atoms with Crippen LogP contribution in [0, 0.1) is 0 Å². The lowest BCUT2D eigenvalue weighted by Gasteiger charge is -2.20. The number of nitrogens with zero attached hydrogens (tertiary/aromatic N) is 2. The van der Waals surface area contributed by atoms with E-state index in [9.17, 15) is 0 Å². The molecule has 0 saturated carbocycles. The summed E-state index contributed by atoms with van der Waals surface area (Å²) in [5.74, 6) is 0.657. The van der Waals surface area contributed by atoms with E-state index in [1.54, 1.807) is 20.5 Å². The zero-order valence-electron chi connectivity index (χ0n) is 12.6. The molecule has 5 nitrogen and oxygen atoms in total. The molecule has 0 aliphatic rings. The van der Waals surface area contributed by atoms with Gasteiger partial charge in [0, 0.05) is 39.4 Å². The average molecular weight is 290 g/mol. The number of methoxy groups -OCH3 is 2. The average Bonchev–Trinajstić information content (AvgIpc) is 2.99. The van der Waals surface area contributed by atoms with Crippen molar-refractivity contribution in [3.8, 4) is 11.5 Å². The molecule has 0 aliphatic carbocycles. The third kappa shape index (κ3) is 4.97. The molecule has 21 heavy (non-hydrogen) atoms. The maximum Gasteiger partial charge on any atom is 0.226 e. The van der Waals surface area contributed by atoms with E-state index in [1.165, 1.54) is 0 Å². The van der Waals surface area contributed by atoms with Crippen molar-refractivity contribution < 1.29 is 13.9 Å². The van der Waals surface area contributed by atoms with Gasteiger partial charge in [-0.05, 0) is 12.1 Å². The Morgan fingerprint density at radius 3 is 2.33 bits per heavy atom. The lowest BCUT2D eigenvalue weighted by Crippen LogP contribution is -2.30. The number of benzene rings is 1. The Morgan fingerprint density at radius 2 is 1.71 bits per heavy atom. The van der Waals surface area contributed by atoms with Gasteiger partial charge in [0.15, 0.2) is 0 Å². The second kappa shape index (κ2) is 8.56. The molecule has 0 saturated heterocycles. The molecule has 0 fully saturated rings. The van der Waals surface area contributed by atoms with Gasteiger partial charge in [-0.3, -0.25) is 4.90 Å². The molecule has 0 radical (unpaired) electrons. The highest BCUT2D eigenvalue weighted by molar-refractivity contribution is 5.52. The zero-order chi connectivity index (χ0) is 14.9. The molecule has 0 N–H and O–H groups in total. The van der Waals surface area contributed by atoms with Crippen LogP contribution in [0.25, 0.3) is 11.5 Å². The van der Waals surface area contributed by atoms with Crippen LogP contribution in [0.2, 0.25) is 0 Å². The summed E-state index contributed by atoms with van der Waals surface area (Å²) in [6.45, 7) is 3.78. The van der Waals surface area contributed by atoms with Crippen LogP contribution in [0.4, 0.5) is 0 Å². The van der Waals surface area contributed by atoms with E-state index in [4.69, 9.17) is 13.9 Å². The smallest absolute Gasteiger partial charge is 0.226 e. The molecule has 1 aromatic heterocycles. The number of hydrogen-bond donors (Lipinski definition) is 0. The van der Waals surface area contributed by atoms with E-state index in [0.717, 1.165) is 30.9 Å². The molecule has 0 bridgehead atoms. The summed E-state index contributed by atoms with van der Waals surface area (Å²) in [6, 6.07) is 9.91. The number of oxazole rings is 1. The summed E-state index contributed by atoms with van der Waals surface area (Å²) in [5, 5.41) is 0. The van der Waals surface area contributed by atoms with Gasteiger partial charge in [0.05, 0.1) is 18.9 Å². The highest BCUT2D eigenvalue weighted by atomic mass is 16.5. The molecule has 0 atom stereocenters. The van der Waals surface area contributed by atoms with Crippen molar-refractivity contribution in [2.45, 2.75) is 6.54 Å². The summed E-state index contributed by atoms with van der Waals surface area (Å²) in [5.41, 5.74) is 1.91. The van der Waals surface area contributed by atoms with Crippen LogP contribution in [0.5, 0.6) is 0 Å². The van der Waals surface area contributed by atoms with Gasteiger partial charge in [0.1, 0.15) is 6.26 Å². The first kappa shape index (κ1) is 15.7. The second-order valence-corrected chi connectivity index (χ2v) is 4.77. The standard InChI is InChI=1S/C16H22N2O3/c1-19-10-8-18(9-11-20-2)12-15-13-21-16(17-15)14-6-4-3-5-7-14/h3-7,13H,8-12H2,1-2H3. The van der Waals surface area contributed by atoms with Gasteiger partial charge >= 0.3 is 0 Å². The fourth-order valence-electron chi connectivity index (χ4n) is 2.03. The first-order chi connectivity index (χ1) is 10.3. The first-order valence-electron chi connectivity index (χ1n) is 7.03. The van der Waals surface area contributed by atoms with Crippen LogP contribution >= 0.6 is 0 Å². The van der Waals surface area contributed by atoms with Crippen molar-refractivity contribution >= 4 is 0 Å². The minimum Gasteiger partial charge on any atom is -0.444 e. The Hall–Kier alpha value is -1.69. The molecule has 2 aromatic rings. The Bertz CT molecular complexity index is 505. The van der Waals surface area contributed by atoms with Gasteiger partial charge in [-0.2, -0.15) is 0 Å². The predicted octanol–water partition coefficient (Wildman–Crippen LogP) is 2.44. The van der Waals surface area contributed by atoms with E-state index in [0.29, 0.717) is 19.1 Å². The van der Waals surface area contributed by atoms with Gasteiger partial charge in [-0.25, -0.2) is 4.98 Å². The molecule has 2 rings (SSSR count). The topological polar surface area (TPSA) is 47.7 Å². The van der Waals surface area contributed by atoms with Crippen LogP contribution in [0.1, 0.15) is 5.69 Å². The fraction of sp³-hybridized carbons (Fsp3) is 0.438. The largest absolute Gasteiger partial charge is 0.444 e. The summed E-state index contributed by atoms with van der Waals surface area (Å²) in [7, 11) is 3.41. The number of hydrogen-bond acceptors (Lipinski definition) is 5. The third-order valence-corrected chi connectivity index (χ3v) is 3.18. The zero-order valence-corrected chi connectivity index (χ0v) is 12.6. The van der Waals surface area contributed by atoms with Crippen molar-refractivity contribution in [3.05, 3.63) is 42.3 Å². The molecule has 1 heterocycles. The second-order valence-electron chi connectivity index (χ2n) is 4.77. The Balaban J connectivity index is 1.98. The summed E-state index contributed by atoms with van der Waals surface area (Å²) >= 11 is 0. The molecule has 0 aliphatic heterocycles. The highest BCUT2D eigenvalue weighted by Gasteiger charge is 2.11. The SMILES string of the molecule is COCCN(CCOC)Cc1coc(-c2ccccc2)n1. The van der Waals surface area contributed by atoms with Gasteiger partial charge in [0.25, 0.3) is 0 Å². The van der Waals surface area contributed by atoms with Gasteiger partial charge in [-0.1, -0.05) is 18.2 Å². The highest BCUT2D eigenvalue weighted by Crippen LogP contribution is 2.18. The molecule has 0 spiro atoms. The minimum atomic E-state index is 0.657. The first-order valence-corrected chi connectivity index (χ1v) is 7.03. The van der Waals surface area contributed by atoms with E-state index in [1.807, 2.05) is 30.3 Å². The van der Waals surface area contributed by atoms with E-state index >= 15 is 0 Å². The van der Waals surface area contributed by atoms with Gasteiger partial charge in [0.2, 0.25) is 5.89 Å². The minimum absolute atomic E-state index is 0.657. The lowest BCUT2D eigenvalue weighted by molar-refractivity contribution is 0.109. The normalized spacial score (nSPS) is 11.2. The van der Waals surface area contributed by atoms with Crippen LogP contribution in [0.15, 0.2) is 41.0 Å². The summed E-state index contributed by atoms with van der Waals surface area (Å²) < 4.78 is 15.8. The van der Waals surface area contributed by atoms with Crippen LogP contribution < -0.4 is 0 Å². The monoisotopic (exact) mass is 290 g/mol. The lowest BCUT2D eigenvalue weighted by atomic mass is 10.2. The number of ether oxygens (including phenoxy) is 2.